The third-order valence-corrected chi connectivity index (χ3v) is 9.62. The van der Waals surface area contributed by atoms with E-state index in [1.807, 2.05) is 0 Å². The van der Waals surface area contributed by atoms with E-state index in [-0.39, 0.29) is 45.3 Å². The van der Waals surface area contributed by atoms with Gasteiger partial charge < -0.3 is 0 Å². The predicted octanol–water partition coefficient (Wildman–Crippen LogP) is 5.44. The Morgan fingerprint density at radius 2 is 1.87 bits per heavy atom. The molecule has 0 radical (unpaired) electrons. The molecule has 4 aromatic rings. The van der Waals surface area contributed by atoms with E-state index in [9.17, 15) is 17.6 Å². The van der Waals surface area contributed by atoms with Crippen LogP contribution in [0.5, 0.6) is 0 Å². The quantitative estimate of drug-likeness (QED) is 0.336. The number of fused-ring (bicyclic) bond motifs is 1. The fourth-order valence-electron chi connectivity index (χ4n) is 5.53. The molecular formula is C28H22ClF2N3O3S. The molecule has 1 saturated carbocycles. The molecule has 6 rings (SSSR count). The van der Waals surface area contributed by atoms with Gasteiger partial charge in [-0.3, -0.25) is 19.3 Å². The molecule has 0 N–H and O–H groups in total. The van der Waals surface area contributed by atoms with Crippen LogP contribution in [0.2, 0.25) is 5.02 Å². The molecule has 1 fully saturated rings. The molecule has 2 aliphatic rings. The van der Waals surface area contributed by atoms with Crippen molar-refractivity contribution in [2.45, 2.75) is 43.4 Å². The molecule has 3 aromatic heterocycles. The Morgan fingerprint density at radius 3 is 2.63 bits per heavy atom. The van der Waals surface area contributed by atoms with Gasteiger partial charge in [-0.1, -0.05) is 23.7 Å². The Balaban J connectivity index is 1.46. The number of nitrogens with zero attached hydrogens (tertiary/aromatic N) is 3. The topological polar surface area (TPSA) is 81.9 Å². The molecule has 1 aliphatic carbocycles. The van der Waals surface area contributed by atoms with Crippen LogP contribution in [-0.2, 0) is 16.3 Å². The van der Waals surface area contributed by atoms with Gasteiger partial charge in [-0.05, 0) is 79.0 Å². The van der Waals surface area contributed by atoms with Gasteiger partial charge in [-0.25, -0.2) is 17.2 Å². The van der Waals surface area contributed by atoms with Crippen LogP contribution in [0.15, 0.2) is 58.6 Å². The van der Waals surface area contributed by atoms with Crippen LogP contribution in [0.4, 0.5) is 8.78 Å². The Hall–Kier alpha value is -3.43. The van der Waals surface area contributed by atoms with Crippen LogP contribution in [-0.4, -0.2) is 28.7 Å². The van der Waals surface area contributed by atoms with E-state index in [0.717, 1.165) is 11.8 Å². The van der Waals surface area contributed by atoms with Gasteiger partial charge in [0.15, 0.2) is 15.7 Å². The first kappa shape index (κ1) is 24.9. The van der Waals surface area contributed by atoms with E-state index in [1.165, 1.54) is 22.9 Å². The number of pyridine rings is 3. The summed E-state index contributed by atoms with van der Waals surface area (Å²) in [5, 5.41) is -0.0173. The van der Waals surface area contributed by atoms with Gasteiger partial charge in [0.2, 0.25) is 0 Å². The zero-order valence-electron chi connectivity index (χ0n) is 20.5. The van der Waals surface area contributed by atoms with Crippen molar-refractivity contribution in [1.29, 1.82) is 0 Å². The monoisotopic (exact) mass is 553 g/mol. The van der Waals surface area contributed by atoms with Crippen LogP contribution in [0, 0.1) is 25.5 Å². The maximum Gasteiger partial charge on any atom is 0.274 e. The average Bonchev–Trinajstić information content (AvgIpc) is 3.61. The summed E-state index contributed by atoms with van der Waals surface area (Å²) in [4.78, 5) is 21.9. The van der Waals surface area contributed by atoms with E-state index >= 15 is 4.39 Å². The normalized spacial score (nSPS) is 19.4. The van der Waals surface area contributed by atoms with E-state index in [2.05, 4.69) is 9.97 Å². The summed E-state index contributed by atoms with van der Waals surface area (Å²) in [6.45, 7) is 3.35. The van der Waals surface area contributed by atoms with E-state index in [0.29, 0.717) is 34.4 Å². The molecule has 10 heteroatoms. The Morgan fingerprint density at radius 1 is 1.08 bits per heavy atom. The van der Waals surface area contributed by atoms with Crippen molar-refractivity contribution in [1.82, 2.24) is 14.5 Å². The average molecular weight is 554 g/mol. The van der Waals surface area contributed by atoms with Gasteiger partial charge in [0, 0.05) is 23.7 Å². The van der Waals surface area contributed by atoms with E-state index in [1.54, 1.807) is 38.2 Å². The zero-order valence-corrected chi connectivity index (χ0v) is 22.1. The Bertz CT molecular complexity index is 1820. The minimum atomic E-state index is -3.42. The number of rotatable bonds is 4. The van der Waals surface area contributed by atoms with Crippen LogP contribution < -0.4 is 5.56 Å². The lowest BCUT2D eigenvalue weighted by atomic mass is 10.00. The second-order valence-corrected chi connectivity index (χ2v) is 12.3. The number of hydrogen-bond acceptors (Lipinski definition) is 5. The molecule has 4 heterocycles. The summed E-state index contributed by atoms with van der Waals surface area (Å²) in [7, 11) is -3.42. The maximum atomic E-state index is 16.2. The summed E-state index contributed by atoms with van der Waals surface area (Å²) in [5.41, 5.74) is 2.64. The summed E-state index contributed by atoms with van der Waals surface area (Å²) in [6, 6.07) is 7.94. The van der Waals surface area contributed by atoms with Gasteiger partial charge >= 0.3 is 0 Å². The minimum absolute atomic E-state index is 0.00666. The van der Waals surface area contributed by atoms with Crippen molar-refractivity contribution >= 4 is 21.4 Å². The molecule has 1 aromatic carbocycles. The lowest BCUT2D eigenvalue weighted by Gasteiger charge is -2.18. The molecule has 0 amide bonds. The smallest absolute Gasteiger partial charge is 0.274 e. The van der Waals surface area contributed by atoms with Crippen LogP contribution in [0.3, 0.4) is 0 Å². The van der Waals surface area contributed by atoms with Gasteiger partial charge in [-0.15, -0.1) is 0 Å². The van der Waals surface area contributed by atoms with Crippen LogP contribution in [0.25, 0.3) is 16.9 Å². The second kappa shape index (κ2) is 8.81. The molecule has 0 saturated heterocycles. The lowest BCUT2D eigenvalue weighted by Crippen LogP contribution is -2.24. The standard InChI is InChI=1S/C28H22ClF2N3O3S/c1-14-11-33-26(19-4-3-5-23-18(19)6-7-38(23,36)37)25(31)27(14)34-15(2)8-22(24(29)28(34)35)21-10-20(21)16-9-17(30)13-32-12-16/h3-5,8-9,11-13,20-21H,6-7,10H2,1-2H3/t20-,21+/m1/s1. The minimum Gasteiger partial charge on any atom is -0.277 e. The number of aryl methyl sites for hydroxylation is 2. The molecular weight excluding hydrogens is 532 g/mol. The van der Waals surface area contributed by atoms with Crippen molar-refractivity contribution in [3.05, 3.63) is 104 Å². The van der Waals surface area contributed by atoms with E-state index in [4.69, 9.17) is 11.6 Å². The molecule has 6 nitrogen and oxygen atoms in total. The first-order valence-electron chi connectivity index (χ1n) is 12.1. The summed E-state index contributed by atoms with van der Waals surface area (Å²) >= 11 is 6.58. The fourth-order valence-corrected chi connectivity index (χ4v) is 7.38. The van der Waals surface area contributed by atoms with Gasteiger partial charge in [0.25, 0.3) is 5.56 Å². The highest BCUT2D eigenvalue weighted by Crippen LogP contribution is 2.55. The highest BCUT2D eigenvalue weighted by molar-refractivity contribution is 7.91. The molecule has 0 unspecified atom stereocenters. The number of benzene rings is 1. The van der Waals surface area contributed by atoms with Gasteiger partial charge in [0.1, 0.15) is 16.5 Å². The Labute approximate surface area is 222 Å². The van der Waals surface area contributed by atoms with Crippen molar-refractivity contribution in [2.75, 3.05) is 5.75 Å². The fraction of sp³-hybridized carbons (Fsp3) is 0.250. The number of sulfone groups is 1. The van der Waals surface area contributed by atoms with Crippen molar-refractivity contribution in [3.8, 4) is 16.9 Å². The highest BCUT2D eigenvalue weighted by atomic mass is 35.5. The molecule has 194 valence electrons. The summed E-state index contributed by atoms with van der Waals surface area (Å²) < 4.78 is 55.9. The molecule has 38 heavy (non-hydrogen) atoms. The van der Waals surface area contributed by atoms with Crippen LogP contribution in [0.1, 0.15) is 46.2 Å². The zero-order chi connectivity index (χ0) is 26.9. The van der Waals surface area contributed by atoms with Crippen LogP contribution >= 0.6 is 11.6 Å². The summed E-state index contributed by atoms with van der Waals surface area (Å²) in [5.74, 6) is -1.27. The second-order valence-electron chi connectivity index (χ2n) is 9.88. The number of hydrogen-bond donors (Lipinski definition) is 0. The third-order valence-electron chi connectivity index (χ3n) is 7.45. The number of aromatic nitrogens is 3. The van der Waals surface area contributed by atoms with E-state index < -0.39 is 27.0 Å². The van der Waals surface area contributed by atoms with Gasteiger partial charge in [-0.2, -0.15) is 0 Å². The SMILES string of the molecule is Cc1cnc(-c2cccc3c2CCS3(=O)=O)c(F)c1-n1c(C)cc([C@H]2C[C@@H]2c2cncc(F)c2)c(Cl)c1=O. The van der Waals surface area contributed by atoms with Crippen molar-refractivity contribution in [3.63, 3.8) is 0 Å². The molecule has 2 atom stereocenters. The first-order valence-corrected chi connectivity index (χ1v) is 14.1. The largest absolute Gasteiger partial charge is 0.277 e. The number of halogens is 3. The predicted molar refractivity (Wildman–Crippen MR) is 140 cm³/mol. The van der Waals surface area contributed by atoms with Gasteiger partial charge in [0.05, 0.1) is 22.5 Å². The first-order chi connectivity index (χ1) is 18.1. The maximum absolute atomic E-state index is 16.2. The molecule has 0 spiro atoms. The molecule has 1 aliphatic heterocycles. The molecule has 0 bridgehead atoms. The van der Waals surface area contributed by atoms with Crippen molar-refractivity contribution < 1.29 is 17.2 Å². The third kappa shape index (κ3) is 3.87. The highest BCUT2D eigenvalue weighted by Gasteiger charge is 2.42. The lowest BCUT2D eigenvalue weighted by molar-refractivity contribution is 0.600. The summed E-state index contributed by atoms with van der Waals surface area (Å²) in [6.07, 6.45) is 5.18. The van der Waals surface area contributed by atoms with Crippen molar-refractivity contribution in [2.24, 2.45) is 0 Å². The Kier molecular flexibility index (Phi) is 5.77.